The van der Waals surface area contributed by atoms with Crippen molar-refractivity contribution < 1.29 is 14.0 Å². The van der Waals surface area contributed by atoms with Gasteiger partial charge in [0.2, 0.25) is 17.7 Å². The average molecular weight is 488 g/mol. The molecule has 35 heavy (non-hydrogen) atoms. The van der Waals surface area contributed by atoms with Crippen LogP contribution in [-0.4, -0.2) is 16.8 Å². The summed E-state index contributed by atoms with van der Waals surface area (Å²) in [7, 11) is 0. The Hall–Kier alpha value is -3.90. The van der Waals surface area contributed by atoms with E-state index in [9.17, 15) is 9.59 Å². The van der Waals surface area contributed by atoms with Crippen molar-refractivity contribution in [2.75, 3.05) is 5.32 Å². The number of oxazole rings is 1. The van der Waals surface area contributed by atoms with E-state index in [2.05, 4.69) is 15.6 Å². The molecular weight excluding hydrogens is 462 g/mol. The summed E-state index contributed by atoms with van der Waals surface area (Å²) in [4.78, 5) is 29.1. The van der Waals surface area contributed by atoms with Gasteiger partial charge in [0.1, 0.15) is 11.5 Å². The molecular formula is C28H26ClN3O3. The zero-order valence-electron chi connectivity index (χ0n) is 19.4. The van der Waals surface area contributed by atoms with Crippen LogP contribution in [0.15, 0.2) is 83.3 Å². The summed E-state index contributed by atoms with van der Waals surface area (Å²) in [6, 6.07) is 24.4. The van der Waals surface area contributed by atoms with Crippen LogP contribution in [-0.2, 0) is 29.0 Å². The number of hydrogen-bond acceptors (Lipinski definition) is 4. The largest absolute Gasteiger partial charge is 0.441 e. The van der Waals surface area contributed by atoms with Gasteiger partial charge in [0.05, 0.1) is 13.0 Å². The molecule has 4 rings (SSSR count). The van der Waals surface area contributed by atoms with E-state index in [0.717, 1.165) is 16.7 Å². The number of carbonyl (C=O) groups excluding carboxylic acids is 2. The number of nitrogens with one attached hydrogen (secondary N) is 2. The lowest BCUT2D eigenvalue weighted by Gasteiger charge is -2.06. The molecule has 0 spiro atoms. The molecule has 0 aliphatic rings. The van der Waals surface area contributed by atoms with Crippen LogP contribution in [0.3, 0.4) is 0 Å². The first-order valence-electron chi connectivity index (χ1n) is 11.4. The fourth-order valence-corrected chi connectivity index (χ4v) is 3.85. The molecule has 6 nitrogen and oxygen atoms in total. The molecule has 1 heterocycles. The van der Waals surface area contributed by atoms with E-state index < -0.39 is 0 Å². The quantitative estimate of drug-likeness (QED) is 0.315. The molecule has 4 aromatic rings. The molecule has 0 aliphatic carbocycles. The van der Waals surface area contributed by atoms with Crippen LogP contribution < -0.4 is 10.6 Å². The van der Waals surface area contributed by atoms with E-state index in [4.69, 9.17) is 16.0 Å². The van der Waals surface area contributed by atoms with Crippen molar-refractivity contribution in [1.29, 1.82) is 0 Å². The van der Waals surface area contributed by atoms with Crippen LogP contribution in [0.25, 0.3) is 11.5 Å². The second kappa shape index (κ2) is 11.5. The van der Waals surface area contributed by atoms with E-state index in [-0.39, 0.29) is 18.4 Å². The molecule has 0 atom stereocenters. The standard InChI is InChI=1S/C28H26ClN3O3/c1-19-25(18-30-26(33)16-13-21-9-5-6-10-24(21)29)32-28(35-19)22-11-14-23(15-12-22)31-27(34)17-20-7-3-2-4-8-20/h2-12,14-15H,13,16-18H2,1H3,(H,30,33)(H,31,34). The topological polar surface area (TPSA) is 84.2 Å². The molecule has 7 heteroatoms. The number of hydrogen-bond donors (Lipinski definition) is 2. The third-order valence-corrected chi connectivity index (χ3v) is 5.92. The van der Waals surface area contributed by atoms with Crippen LogP contribution in [0.5, 0.6) is 0 Å². The van der Waals surface area contributed by atoms with Crippen LogP contribution >= 0.6 is 11.6 Å². The van der Waals surface area contributed by atoms with Crippen molar-refractivity contribution in [3.63, 3.8) is 0 Å². The molecule has 178 valence electrons. The van der Waals surface area contributed by atoms with E-state index in [1.54, 1.807) is 0 Å². The van der Waals surface area contributed by atoms with E-state index in [0.29, 0.717) is 47.3 Å². The second-order valence-corrected chi connectivity index (χ2v) is 8.59. The number of aromatic nitrogens is 1. The Morgan fingerprint density at radius 2 is 1.63 bits per heavy atom. The van der Waals surface area contributed by atoms with Crippen LogP contribution in [0.1, 0.15) is 29.0 Å². The molecule has 2 amide bonds. The molecule has 0 bridgehead atoms. The van der Waals surface area contributed by atoms with E-state index in [1.165, 1.54) is 0 Å². The first-order chi connectivity index (χ1) is 17.0. The van der Waals surface area contributed by atoms with Crippen LogP contribution in [0.4, 0.5) is 5.69 Å². The van der Waals surface area contributed by atoms with Crippen LogP contribution in [0.2, 0.25) is 5.02 Å². The highest BCUT2D eigenvalue weighted by Gasteiger charge is 2.13. The normalized spacial score (nSPS) is 10.7. The van der Waals surface area contributed by atoms with Crippen molar-refractivity contribution in [3.05, 3.63) is 106 Å². The summed E-state index contributed by atoms with van der Waals surface area (Å²) in [6.07, 6.45) is 1.22. The fraction of sp³-hybridized carbons (Fsp3) is 0.179. The Labute approximate surface area is 209 Å². The molecule has 0 saturated heterocycles. The number of amides is 2. The number of aryl methyl sites for hydroxylation is 2. The van der Waals surface area contributed by atoms with Crippen molar-refractivity contribution in [2.45, 2.75) is 32.7 Å². The summed E-state index contributed by atoms with van der Waals surface area (Å²) in [5.74, 6) is 0.949. The highest BCUT2D eigenvalue weighted by atomic mass is 35.5. The van der Waals surface area contributed by atoms with Gasteiger partial charge in [-0.1, -0.05) is 60.1 Å². The van der Waals surface area contributed by atoms with Gasteiger partial charge in [-0.05, 0) is 54.8 Å². The average Bonchev–Trinajstić information content (AvgIpc) is 3.23. The molecule has 0 aliphatic heterocycles. The Bertz CT molecular complexity index is 1300. The number of halogens is 1. The fourth-order valence-electron chi connectivity index (χ4n) is 3.62. The summed E-state index contributed by atoms with van der Waals surface area (Å²) in [5.41, 5.74) is 4.06. The summed E-state index contributed by atoms with van der Waals surface area (Å²) in [5, 5.41) is 6.46. The maximum absolute atomic E-state index is 12.3. The lowest BCUT2D eigenvalue weighted by molar-refractivity contribution is -0.121. The third-order valence-electron chi connectivity index (χ3n) is 5.55. The van der Waals surface area contributed by atoms with Gasteiger partial charge < -0.3 is 15.1 Å². The maximum Gasteiger partial charge on any atom is 0.228 e. The zero-order chi connectivity index (χ0) is 24.6. The molecule has 0 saturated carbocycles. The van der Waals surface area contributed by atoms with Gasteiger partial charge in [-0.3, -0.25) is 9.59 Å². The van der Waals surface area contributed by atoms with Gasteiger partial charge >= 0.3 is 0 Å². The Balaban J connectivity index is 1.30. The lowest BCUT2D eigenvalue weighted by Crippen LogP contribution is -2.23. The van der Waals surface area contributed by atoms with Crippen LogP contribution in [0, 0.1) is 6.92 Å². The first kappa shape index (κ1) is 24.2. The third kappa shape index (κ3) is 6.80. The van der Waals surface area contributed by atoms with Crippen molar-refractivity contribution in [3.8, 4) is 11.5 Å². The Kier molecular flexibility index (Phi) is 7.95. The second-order valence-electron chi connectivity index (χ2n) is 8.18. The van der Waals surface area contributed by atoms with Gasteiger partial charge in [-0.2, -0.15) is 0 Å². The lowest BCUT2D eigenvalue weighted by atomic mass is 10.1. The van der Waals surface area contributed by atoms with Gasteiger partial charge in [-0.25, -0.2) is 4.98 Å². The SMILES string of the molecule is Cc1oc(-c2ccc(NC(=O)Cc3ccccc3)cc2)nc1CNC(=O)CCc1ccccc1Cl. The number of nitrogens with zero attached hydrogens (tertiary/aromatic N) is 1. The smallest absolute Gasteiger partial charge is 0.228 e. The number of benzene rings is 3. The van der Waals surface area contributed by atoms with Gasteiger partial charge in [-0.15, -0.1) is 0 Å². The van der Waals surface area contributed by atoms with Crippen molar-refractivity contribution in [2.24, 2.45) is 0 Å². The zero-order valence-corrected chi connectivity index (χ0v) is 20.1. The summed E-state index contributed by atoms with van der Waals surface area (Å²) < 4.78 is 5.81. The Morgan fingerprint density at radius 3 is 2.37 bits per heavy atom. The molecule has 0 fully saturated rings. The predicted molar refractivity (Wildman–Crippen MR) is 137 cm³/mol. The summed E-state index contributed by atoms with van der Waals surface area (Å²) in [6.45, 7) is 2.10. The minimum Gasteiger partial charge on any atom is -0.441 e. The molecule has 0 unspecified atom stereocenters. The van der Waals surface area contributed by atoms with Crippen molar-refractivity contribution >= 4 is 29.1 Å². The summed E-state index contributed by atoms with van der Waals surface area (Å²) >= 11 is 6.15. The maximum atomic E-state index is 12.3. The minimum absolute atomic E-state index is 0.0792. The van der Waals surface area contributed by atoms with E-state index >= 15 is 0 Å². The highest BCUT2D eigenvalue weighted by molar-refractivity contribution is 6.31. The van der Waals surface area contributed by atoms with Crippen molar-refractivity contribution in [1.82, 2.24) is 10.3 Å². The molecule has 2 N–H and O–H groups in total. The number of anilines is 1. The Morgan fingerprint density at radius 1 is 0.914 bits per heavy atom. The van der Waals surface area contributed by atoms with Gasteiger partial charge in [0, 0.05) is 22.7 Å². The molecule has 1 aromatic heterocycles. The monoisotopic (exact) mass is 487 g/mol. The number of carbonyl (C=O) groups is 2. The van der Waals surface area contributed by atoms with Gasteiger partial charge in [0.15, 0.2) is 0 Å². The first-order valence-corrected chi connectivity index (χ1v) is 11.8. The van der Waals surface area contributed by atoms with E-state index in [1.807, 2.05) is 85.8 Å². The predicted octanol–water partition coefficient (Wildman–Crippen LogP) is 5.73. The minimum atomic E-state index is -0.0801. The number of rotatable bonds is 9. The van der Waals surface area contributed by atoms with Gasteiger partial charge in [0.25, 0.3) is 0 Å². The molecule has 3 aromatic carbocycles. The highest BCUT2D eigenvalue weighted by Crippen LogP contribution is 2.24. The molecule has 0 radical (unpaired) electrons.